The number of rotatable bonds is 3. The van der Waals surface area contributed by atoms with Gasteiger partial charge in [0.1, 0.15) is 0 Å². The molecule has 0 aliphatic carbocycles. The van der Waals surface area contributed by atoms with Gasteiger partial charge in [-0.3, -0.25) is 4.79 Å². The van der Waals surface area contributed by atoms with Crippen LogP contribution in [0.5, 0.6) is 11.5 Å². The zero-order valence-corrected chi connectivity index (χ0v) is 18.0. The molecule has 3 N–H and O–H groups in total. The Balaban J connectivity index is 1.33. The van der Waals surface area contributed by atoms with Crippen LogP contribution in [0, 0.1) is 5.92 Å². The summed E-state index contributed by atoms with van der Waals surface area (Å²) in [5.74, 6) is -0.369. The topological polar surface area (TPSA) is 93.1 Å². The van der Waals surface area contributed by atoms with Crippen LogP contribution >= 0.6 is 0 Å². The molecule has 2 saturated heterocycles. The van der Waals surface area contributed by atoms with E-state index in [0.717, 1.165) is 30.4 Å². The SMILES string of the molecule is O=C1[C@H]2CCCN(C(=O)NCCc3ccccc3)[C@H]2C[C@@H]2c3cc(O)c(O)cc3CCN12. The molecule has 0 saturated carbocycles. The minimum atomic E-state index is -0.184. The van der Waals surface area contributed by atoms with Gasteiger partial charge in [-0.15, -0.1) is 0 Å². The number of piperidine rings is 2. The van der Waals surface area contributed by atoms with Crippen molar-refractivity contribution >= 4 is 11.9 Å². The highest BCUT2D eigenvalue weighted by Gasteiger charge is 2.48. The Morgan fingerprint density at radius 3 is 2.69 bits per heavy atom. The summed E-state index contributed by atoms with van der Waals surface area (Å²) in [7, 11) is 0. The molecule has 3 aliphatic heterocycles. The van der Waals surface area contributed by atoms with Crippen LogP contribution in [0.3, 0.4) is 0 Å². The van der Waals surface area contributed by atoms with Crippen molar-refractivity contribution in [3.63, 3.8) is 0 Å². The molecule has 5 rings (SSSR count). The first-order valence-corrected chi connectivity index (χ1v) is 11.5. The van der Waals surface area contributed by atoms with E-state index in [1.54, 1.807) is 12.1 Å². The van der Waals surface area contributed by atoms with Gasteiger partial charge in [0.2, 0.25) is 5.91 Å². The third-order valence-electron chi connectivity index (χ3n) is 7.23. The van der Waals surface area contributed by atoms with Gasteiger partial charge in [0, 0.05) is 25.7 Å². The predicted octanol–water partition coefficient (Wildman–Crippen LogP) is 2.96. The monoisotopic (exact) mass is 435 g/mol. The quantitative estimate of drug-likeness (QED) is 0.647. The van der Waals surface area contributed by atoms with Gasteiger partial charge in [-0.05, 0) is 60.9 Å². The van der Waals surface area contributed by atoms with Crippen molar-refractivity contribution in [3.8, 4) is 11.5 Å². The van der Waals surface area contributed by atoms with Gasteiger partial charge in [0.05, 0.1) is 12.0 Å². The third-order valence-corrected chi connectivity index (χ3v) is 7.23. The molecule has 2 fully saturated rings. The zero-order valence-electron chi connectivity index (χ0n) is 18.0. The lowest BCUT2D eigenvalue weighted by atomic mass is 9.76. The molecule has 0 bridgehead atoms. The van der Waals surface area contributed by atoms with Crippen LogP contribution in [0.15, 0.2) is 42.5 Å². The van der Waals surface area contributed by atoms with E-state index >= 15 is 0 Å². The van der Waals surface area contributed by atoms with Crippen LogP contribution in [0.25, 0.3) is 0 Å². The second kappa shape index (κ2) is 8.37. The van der Waals surface area contributed by atoms with Crippen LogP contribution in [0.2, 0.25) is 0 Å². The molecule has 0 unspecified atom stereocenters. The fourth-order valence-corrected chi connectivity index (χ4v) is 5.64. The van der Waals surface area contributed by atoms with E-state index in [1.165, 1.54) is 5.56 Å². The molecule has 168 valence electrons. The van der Waals surface area contributed by atoms with Crippen molar-refractivity contribution < 1.29 is 19.8 Å². The molecule has 7 heteroatoms. The van der Waals surface area contributed by atoms with Crippen molar-refractivity contribution in [1.29, 1.82) is 0 Å². The number of likely N-dealkylation sites (tertiary alicyclic amines) is 1. The number of phenols is 2. The van der Waals surface area contributed by atoms with E-state index in [0.29, 0.717) is 32.5 Å². The largest absolute Gasteiger partial charge is 0.504 e. The zero-order chi connectivity index (χ0) is 22.2. The van der Waals surface area contributed by atoms with Gasteiger partial charge in [-0.2, -0.15) is 0 Å². The van der Waals surface area contributed by atoms with E-state index in [2.05, 4.69) is 5.32 Å². The van der Waals surface area contributed by atoms with Crippen LogP contribution in [-0.4, -0.2) is 57.6 Å². The second-order valence-electron chi connectivity index (χ2n) is 9.05. The number of hydrogen-bond donors (Lipinski definition) is 3. The Bertz CT molecular complexity index is 1030. The normalized spacial score (nSPS) is 24.4. The lowest BCUT2D eigenvalue weighted by molar-refractivity contribution is -0.148. The maximum Gasteiger partial charge on any atom is 0.317 e. The van der Waals surface area contributed by atoms with Crippen LogP contribution in [0.1, 0.15) is 42.0 Å². The smallest absolute Gasteiger partial charge is 0.317 e. The highest BCUT2D eigenvalue weighted by atomic mass is 16.3. The number of amides is 3. The number of aromatic hydroxyl groups is 2. The summed E-state index contributed by atoms with van der Waals surface area (Å²) in [6.45, 7) is 1.80. The summed E-state index contributed by atoms with van der Waals surface area (Å²) in [4.78, 5) is 30.2. The number of nitrogens with one attached hydrogen (secondary N) is 1. The Hall–Kier alpha value is -3.22. The number of phenolic OH excluding ortho intramolecular Hbond substituents is 2. The van der Waals surface area contributed by atoms with E-state index in [-0.39, 0.29) is 41.4 Å². The summed E-state index contributed by atoms with van der Waals surface area (Å²) < 4.78 is 0. The molecule has 3 atom stereocenters. The van der Waals surface area contributed by atoms with E-state index in [1.807, 2.05) is 40.1 Å². The third kappa shape index (κ3) is 3.66. The Kier molecular flexibility index (Phi) is 5.41. The van der Waals surface area contributed by atoms with Crippen molar-refractivity contribution in [2.45, 2.75) is 44.2 Å². The summed E-state index contributed by atoms with van der Waals surface area (Å²) in [6, 6.07) is 12.8. The van der Waals surface area contributed by atoms with Crippen molar-refractivity contribution in [2.24, 2.45) is 5.92 Å². The minimum Gasteiger partial charge on any atom is -0.504 e. The summed E-state index contributed by atoms with van der Waals surface area (Å²) in [6.07, 6.45) is 3.70. The number of carbonyl (C=O) groups is 2. The Morgan fingerprint density at radius 1 is 1.09 bits per heavy atom. The number of urea groups is 1. The summed E-state index contributed by atoms with van der Waals surface area (Å²) in [5.41, 5.74) is 3.02. The first-order valence-electron chi connectivity index (χ1n) is 11.5. The fourth-order valence-electron chi connectivity index (χ4n) is 5.64. The molecule has 0 radical (unpaired) electrons. The van der Waals surface area contributed by atoms with E-state index < -0.39 is 0 Å². The summed E-state index contributed by atoms with van der Waals surface area (Å²) >= 11 is 0. The second-order valence-corrected chi connectivity index (χ2v) is 9.05. The number of hydrogen-bond acceptors (Lipinski definition) is 4. The van der Waals surface area contributed by atoms with Crippen molar-refractivity contribution in [1.82, 2.24) is 15.1 Å². The van der Waals surface area contributed by atoms with Crippen LogP contribution < -0.4 is 5.32 Å². The van der Waals surface area contributed by atoms with Gasteiger partial charge < -0.3 is 25.3 Å². The molecule has 3 aliphatic rings. The first-order chi connectivity index (χ1) is 15.5. The van der Waals surface area contributed by atoms with Crippen molar-refractivity contribution in [3.05, 3.63) is 59.2 Å². The van der Waals surface area contributed by atoms with E-state index in [4.69, 9.17) is 0 Å². The maximum absolute atomic E-state index is 13.4. The standard InChI is InChI=1S/C25H29N3O4/c29-22-13-17-9-12-27-21(19(17)14-23(22)30)15-20-18(24(27)31)7-4-11-28(20)25(32)26-10-8-16-5-2-1-3-6-16/h1-3,5-6,13-14,18,20-21,29-30H,4,7-12,15H2,(H,26,32)/t18-,20-,21+/m0/s1. The number of fused-ring (bicyclic) bond motifs is 4. The average molecular weight is 436 g/mol. The lowest BCUT2D eigenvalue weighted by Gasteiger charge is -2.51. The van der Waals surface area contributed by atoms with Gasteiger partial charge in [0.15, 0.2) is 11.5 Å². The maximum atomic E-state index is 13.4. The Morgan fingerprint density at radius 2 is 1.88 bits per heavy atom. The molecule has 2 aromatic carbocycles. The lowest BCUT2D eigenvalue weighted by Crippen LogP contribution is -2.61. The van der Waals surface area contributed by atoms with Crippen molar-refractivity contribution in [2.75, 3.05) is 19.6 Å². The number of carbonyl (C=O) groups excluding carboxylic acids is 2. The highest BCUT2D eigenvalue weighted by Crippen LogP contribution is 2.45. The molecule has 32 heavy (non-hydrogen) atoms. The number of benzene rings is 2. The molecule has 0 spiro atoms. The van der Waals surface area contributed by atoms with Crippen LogP contribution in [-0.2, 0) is 17.6 Å². The molecule has 7 nitrogen and oxygen atoms in total. The van der Waals surface area contributed by atoms with Gasteiger partial charge in [0.25, 0.3) is 0 Å². The molecule has 2 aromatic rings. The van der Waals surface area contributed by atoms with E-state index in [9.17, 15) is 19.8 Å². The van der Waals surface area contributed by atoms with Gasteiger partial charge >= 0.3 is 6.03 Å². The minimum absolute atomic E-state index is 0.103. The average Bonchev–Trinajstić information content (AvgIpc) is 2.80. The molecule has 0 aromatic heterocycles. The van der Waals surface area contributed by atoms with Gasteiger partial charge in [-0.25, -0.2) is 4.79 Å². The fraction of sp³-hybridized carbons (Fsp3) is 0.440. The first kappa shape index (κ1) is 20.7. The number of nitrogens with zero attached hydrogens (tertiary/aromatic N) is 2. The molecular formula is C25H29N3O4. The van der Waals surface area contributed by atoms with Crippen LogP contribution in [0.4, 0.5) is 4.79 Å². The Labute approximate surface area is 187 Å². The van der Waals surface area contributed by atoms with Gasteiger partial charge in [-0.1, -0.05) is 30.3 Å². The molecule has 3 heterocycles. The highest BCUT2D eigenvalue weighted by molar-refractivity contribution is 5.83. The summed E-state index contributed by atoms with van der Waals surface area (Å²) in [5, 5.41) is 23.0. The molecular weight excluding hydrogens is 406 g/mol. The molecule has 3 amide bonds. The predicted molar refractivity (Wildman–Crippen MR) is 119 cm³/mol.